The van der Waals surface area contributed by atoms with Crippen LogP contribution in [0.15, 0.2) is 23.8 Å². The summed E-state index contributed by atoms with van der Waals surface area (Å²) in [7, 11) is 0. The second kappa shape index (κ2) is 3.47. The smallest absolute Gasteiger partial charge is 0.327 e. The highest BCUT2D eigenvalue weighted by atomic mass is 35.5. The molecule has 3 amide bonds. The number of fused-ring (bicyclic) bond motifs is 2. The molecule has 1 aromatic rings. The first kappa shape index (κ1) is 11.1. The number of amides is 3. The highest BCUT2D eigenvalue weighted by Gasteiger charge is 2.47. The first-order chi connectivity index (χ1) is 8.48. The van der Waals surface area contributed by atoms with Gasteiger partial charge in [-0.1, -0.05) is 11.6 Å². The summed E-state index contributed by atoms with van der Waals surface area (Å²) in [5.74, 6) is -2.53. The summed E-state index contributed by atoms with van der Waals surface area (Å²) in [4.78, 5) is 22.8. The molecule has 0 radical (unpaired) electrons. The summed E-state index contributed by atoms with van der Waals surface area (Å²) in [5.41, 5.74) is 0.449. The number of hydrogen-bond donors (Lipinski definition) is 3. The molecular weight excluding hydrogens is 260 g/mol. The van der Waals surface area contributed by atoms with Gasteiger partial charge in [0.25, 0.3) is 5.91 Å². The van der Waals surface area contributed by atoms with Gasteiger partial charge in [-0.05, 0) is 24.3 Å². The van der Waals surface area contributed by atoms with Crippen molar-refractivity contribution in [2.75, 3.05) is 0 Å². The minimum Gasteiger partial charge on any atom is -0.440 e. The lowest BCUT2D eigenvalue weighted by Gasteiger charge is -2.37. The summed E-state index contributed by atoms with van der Waals surface area (Å²) < 4.78 is 5.26. The summed E-state index contributed by atoms with van der Waals surface area (Å²) in [6, 6.07) is 3.89. The van der Waals surface area contributed by atoms with Gasteiger partial charge in [-0.2, -0.15) is 0 Å². The maximum atomic E-state index is 11.6. The molecule has 92 valence electrons. The third kappa shape index (κ3) is 1.54. The molecule has 18 heavy (non-hydrogen) atoms. The molecule has 0 unspecified atom stereocenters. The topological polar surface area (TPSA) is 87.7 Å². The second-order valence-electron chi connectivity index (χ2n) is 3.89. The van der Waals surface area contributed by atoms with Crippen LogP contribution in [0.3, 0.4) is 0 Å². The van der Waals surface area contributed by atoms with Crippen LogP contribution in [-0.4, -0.2) is 23.0 Å². The Balaban J connectivity index is 2.15. The number of benzene rings is 1. The molecule has 1 fully saturated rings. The molecule has 0 saturated carbocycles. The van der Waals surface area contributed by atoms with Gasteiger partial charge in [-0.15, -0.1) is 0 Å². The minimum atomic E-state index is -2.14. The van der Waals surface area contributed by atoms with Gasteiger partial charge >= 0.3 is 11.9 Å². The van der Waals surface area contributed by atoms with E-state index in [0.29, 0.717) is 16.3 Å². The molecule has 1 saturated heterocycles. The van der Waals surface area contributed by atoms with E-state index in [9.17, 15) is 14.7 Å². The van der Waals surface area contributed by atoms with E-state index in [1.807, 2.05) is 5.32 Å². The van der Waals surface area contributed by atoms with E-state index in [4.69, 9.17) is 16.3 Å². The fraction of sp³-hybridized carbons (Fsp3) is 0.0909. The van der Waals surface area contributed by atoms with Crippen molar-refractivity contribution in [1.82, 2.24) is 10.6 Å². The van der Waals surface area contributed by atoms with E-state index >= 15 is 0 Å². The number of carbonyl (C=O) groups is 2. The van der Waals surface area contributed by atoms with Crippen LogP contribution in [0.25, 0.3) is 6.08 Å². The van der Waals surface area contributed by atoms with Gasteiger partial charge in [-0.25, -0.2) is 4.79 Å². The molecule has 2 aliphatic rings. The number of ether oxygens (including phenoxy) is 1. The molecule has 1 aromatic carbocycles. The monoisotopic (exact) mass is 266 g/mol. The Bertz CT molecular complexity index is 613. The number of urea groups is 1. The number of halogens is 1. The van der Waals surface area contributed by atoms with Crippen molar-refractivity contribution in [2.24, 2.45) is 0 Å². The van der Waals surface area contributed by atoms with Gasteiger partial charge in [0.15, 0.2) is 0 Å². The second-order valence-corrected chi connectivity index (χ2v) is 4.33. The number of carbonyl (C=O) groups excluding carboxylic acids is 2. The zero-order chi connectivity index (χ0) is 12.9. The van der Waals surface area contributed by atoms with Crippen molar-refractivity contribution in [3.8, 4) is 5.75 Å². The Hall–Kier alpha value is -2.05. The molecule has 2 heterocycles. The third-order valence-electron chi connectivity index (χ3n) is 2.65. The van der Waals surface area contributed by atoms with Crippen LogP contribution in [0.1, 0.15) is 5.56 Å². The van der Waals surface area contributed by atoms with Gasteiger partial charge in [-0.3, -0.25) is 15.4 Å². The predicted octanol–water partition coefficient (Wildman–Crippen LogP) is 0.601. The van der Waals surface area contributed by atoms with Crippen LogP contribution in [-0.2, 0) is 4.79 Å². The van der Waals surface area contributed by atoms with E-state index in [-0.39, 0.29) is 5.57 Å². The van der Waals surface area contributed by atoms with E-state index in [1.54, 1.807) is 18.2 Å². The van der Waals surface area contributed by atoms with Crippen LogP contribution in [0.4, 0.5) is 4.79 Å². The van der Waals surface area contributed by atoms with E-state index in [0.717, 1.165) is 0 Å². The molecule has 0 aliphatic carbocycles. The molecule has 2 aliphatic heterocycles. The minimum absolute atomic E-state index is 0.100. The number of aliphatic hydroxyl groups is 1. The van der Waals surface area contributed by atoms with Crippen LogP contribution in [0.2, 0.25) is 5.02 Å². The van der Waals surface area contributed by atoms with Crippen molar-refractivity contribution >= 4 is 29.6 Å². The zero-order valence-corrected chi connectivity index (χ0v) is 9.62. The van der Waals surface area contributed by atoms with Crippen LogP contribution >= 0.6 is 11.6 Å². The summed E-state index contributed by atoms with van der Waals surface area (Å²) >= 11 is 5.83. The molecule has 1 atom stereocenters. The predicted molar refractivity (Wildman–Crippen MR) is 61.7 cm³/mol. The quantitative estimate of drug-likeness (QED) is 0.642. The van der Waals surface area contributed by atoms with E-state index in [1.165, 1.54) is 6.08 Å². The normalized spacial score (nSPS) is 25.1. The maximum Gasteiger partial charge on any atom is 0.327 e. The lowest BCUT2D eigenvalue weighted by atomic mass is 10.0. The standard InChI is InChI=1S/C11H7ClN2O4/c12-6-1-2-8-5(3-6)4-7-9(15)13-10(16)14-11(7,17)18-8/h1-4,17H,(H2,13,14,15,16)/t11-/m1/s1. The highest BCUT2D eigenvalue weighted by molar-refractivity contribution is 6.30. The largest absolute Gasteiger partial charge is 0.440 e. The van der Waals surface area contributed by atoms with Crippen LogP contribution < -0.4 is 15.4 Å². The Morgan fingerprint density at radius 3 is 2.89 bits per heavy atom. The third-order valence-corrected chi connectivity index (χ3v) is 2.88. The van der Waals surface area contributed by atoms with Crippen LogP contribution in [0.5, 0.6) is 5.75 Å². The highest BCUT2D eigenvalue weighted by Crippen LogP contribution is 2.35. The Morgan fingerprint density at radius 2 is 2.11 bits per heavy atom. The summed E-state index contributed by atoms with van der Waals surface area (Å²) in [6.45, 7) is 0. The van der Waals surface area contributed by atoms with Crippen LogP contribution in [0, 0.1) is 0 Å². The van der Waals surface area contributed by atoms with Gasteiger partial charge in [0.1, 0.15) is 11.3 Å². The van der Waals surface area contributed by atoms with E-state index < -0.39 is 17.8 Å². The van der Waals surface area contributed by atoms with Gasteiger partial charge in [0.2, 0.25) is 0 Å². The molecule has 6 nitrogen and oxygen atoms in total. The SMILES string of the molecule is O=C1NC(=O)C2=Cc3cc(Cl)ccc3O[C@@]2(O)N1. The molecule has 3 rings (SSSR count). The Morgan fingerprint density at radius 1 is 1.33 bits per heavy atom. The number of nitrogens with one attached hydrogen (secondary N) is 2. The first-order valence-corrected chi connectivity index (χ1v) is 5.42. The van der Waals surface area contributed by atoms with Gasteiger partial charge < -0.3 is 9.84 Å². The van der Waals surface area contributed by atoms with Crippen molar-refractivity contribution in [3.05, 3.63) is 34.4 Å². The fourth-order valence-electron chi connectivity index (χ4n) is 1.86. The van der Waals surface area contributed by atoms with Gasteiger partial charge in [0, 0.05) is 10.6 Å². The van der Waals surface area contributed by atoms with Crippen molar-refractivity contribution in [2.45, 2.75) is 5.91 Å². The fourth-order valence-corrected chi connectivity index (χ4v) is 2.04. The molecule has 0 aromatic heterocycles. The van der Waals surface area contributed by atoms with Gasteiger partial charge in [0.05, 0.1) is 0 Å². The summed E-state index contributed by atoms with van der Waals surface area (Å²) in [6.07, 6.45) is 1.42. The van der Waals surface area contributed by atoms with E-state index in [2.05, 4.69) is 5.32 Å². The molecule has 7 heteroatoms. The van der Waals surface area contributed by atoms with Crippen molar-refractivity contribution < 1.29 is 19.4 Å². The molecule has 0 bridgehead atoms. The number of rotatable bonds is 0. The molecule has 3 N–H and O–H groups in total. The number of imide groups is 1. The Labute approximate surface area is 106 Å². The first-order valence-electron chi connectivity index (χ1n) is 5.04. The number of hydrogen-bond acceptors (Lipinski definition) is 4. The average Bonchev–Trinajstić information content (AvgIpc) is 2.26. The van der Waals surface area contributed by atoms with Crippen molar-refractivity contribution in [1.29, 1.82) is 0 Å². The van der Waals surface area contributed by atoms with Crippen molar-refractivity contribution in [3.63, 3.8) is 0 Å². The lowest BCUT2D eigenvalue weighted by molar-refractivity contribution is -0.145. The molecular formula is C11H7ClN2O4. The average molecular weight is 267 g/mol. The Kier molecular flexibility index (Phi) is 2.13. The maximum absolute atomic E-state index is 11.6. The lowest BCUT2D eigenvalue weighted by Crippen LogP contribution is -2.65. The molecule has 0 spiro atoms. The zero-order valence-electron chi connectivity index (χ0n) is 8.86. The summed E-state index contributed by atoms with van der Waals surface area (Å²) in [5, 5.41) is 14.8.